The average molecular weight is 236 g/mol. The monoisotopic (exact) mass is 236 g/mol. The molecule has 2 heteroatoms. The first kappa shape index (κ1) is 12.8. The first-order valence-corrected chi connectivity index (χ1v) is 7.16. The summed E-state index contributed by atoms with van der Waals surface area (Å²) in [5.41, 5.74) is 0. The molecule has 2 saturated carbocycles. The fraction of sp³-hybridized carbons (Fsp3) is 0.800. The lowest BCUT2D eigenvalue weighted by Gasteiger charge is -2.23. The van der Waals surface area contributed by atoms with Crippen molar-refractivity contribution in [3.63, 3.8) is 0 Å². The summed E-state index contributed by atoms with van der Waals surface area (Å²) in [5.74, 6) is 1.03. The van der Waals surface area contributed by atoms with Crippen LogP contribution in [0.3, 0.4) is 0 Å². The molecule has 2 nitrogen and oxygen atoms in total. The third kappa shape index (κ3) is 3.95. The highest BCUT2D eigenvalue weighted by Gasteiger charge is 2.21. The van der Waals surface area contributed by atoms with E-state index in [0.29, 0.717) is 11.7 Å². The maximum Gasteiger partial charge on any atom is 0.158 e. The Hall–Kier alpha value is -0.630. The van der Waals surface area contributed by atoms with Crippen molar-refractivity contribution in [1.29, 1.82) is 0 Å². The van der Waals surface area contributed by atoms with Crippen molar-refractivity contribution in [2.75, 3.05) is 0 Å². The fourth-order valence-corrected chi connectivity index (χ4v) is 3.13. The molecule has 0 amide bonds. The molecule has 0 saturated heterocycles. The minimum Gasteiger partial charge on any atom is -0.393 e. The molecule has 2 aliphatic carbocycles. The van der Waals surface area contributed by atoms with Crippen LogP contribution in [0.1, 0.15) is 57.8 Å². The number of carbonyl (C=O) groups is 1. The van der Waals surface area contributed by atoms with Gasteiger partial charge in [-0.05, 0) is 44.1 Å². The van der Waals surface area contributed by atoms with Gasteiger partial charge in [0.25, 0.3) is 0 Å². The van der Waals surface area contributed by atoms with Gasteiger partial charge in [-0.15, -0.1) is 0 Å². The quantitative estimate of drug-likeness (QED) is 0.764. The van der Waals surface area contributed by atoms with Crippen molar-refractivity contribution in [3.05, 3.63) is 12.2 Å². The number of ketones is 1. The molecule has 0 aromatic rings. The maximum absolute atomic E-state index is 12.0. The smallest absolute Gasteiger partial charge is 0.158 e. The Morgan fingerprint density at radius 2 is 1.76 bits per heavy atom. The van der Waals surface area contributed by atoms with Gasteiger partial charge in [0, 0.05) is 5.92 Å². The summed E-state index contributed by atoms with van der Waals surface area (Å²) in [6, 6.07) is 0. The molecule has 2 atom stereocenters. The maximum atomic E-state index is 12.0. The van der Waals surface area contributed by atoms with E-state index in [1.807, 2.05) is 0 Å². The standard InChI is InChI=1S/C15H24O2/c16-14-8-4-5-12(11-14)9-10-15(17)13-6-2-1-3-7-13/h9-10,12-14,16H,1-8,11H2/b10-9+/t12-,14-/m0/s1. The summed E-state index contributed by atoms with van der Waals surface area (Å²) in [4.78, 5) is 12.0. The summed E-state index contributed by atoms with van der Waals surface area (Å²) in [6.45, 7) is 0. The van der Waals surface area contributed by atoms with Crippen molar-refractivity contribution in [2.45, 2.75) is 63.9 Å². The average Bonchev–Trinajstić information content (AvgIpc) is 2.37. The molecule has 0 spiro atoms. The minimum atomic E-state index is -0.150. The lowest BCUT2D eigenvalue weighted by Crippen LogP contribution is -2.19. The van der Waals surface area contributed by atoms with E-state index in [-0.39, 0.29) is 12.0 Å². The van der Waals surface area contributed by atoms with Crippen LogP contribution in [-0.4, -0.2) is 17.0 Å². The molecular weight excluding hydrogens is 212 g/mol. The first-order chi connectivity index (χ1) is 8.25. The van der Waals surface area contributed by atoms with Crippen LogP contribution in [0.25, 0.3) is 0 Å². The van der Waals surface area contributed by atoms with E-state index in [0.717, 1.165) is 38.5 Å². The molecule has 2 aliphatic rings. The Morgan fingerprint density at radius 1 is 1.00 bits per heavy atom. The van der Waals surface area contributed by atoms with Crippen molar-refractivity contribution in [1.82, 2.24) is 0 Å². The number of allylic oxidation sites excluding steroid dienone is 2. The van der Waals surface area contributed by atoms with E-state index in [2.05, 4.69) is 6.08 Å². The molecule has 0 unspecified atom stereocenters. The van der Waals surface area contributed by atoms with Gasteiger partial charge in [-0.2, -0.15) is 0 Å². The predicted molar refractivity (Wildman–Crippen MR) is 68.7 cm³/mol. The number of rotatable bonds is 3. The third-order valence-electron chi connectivity index (χ3n) is 4.23. The van der Waals surface area contributed by atoms with Crippen LogP contribution in [0.2, 0.25) is 0 Å². The lowest BCUT2D eigenvalue weighted by molar-refractivity contribution is -0.119. The minimum absolute atomic E-state index is 0.150. The first-order valence-electron chi connectivity index (χ1n) is 7.16. The SMILES string of the molecule is O=C(/C=C/[C@@H]1CCC[C@H](O)C1)C1CCCCC1. The number of aliphatic hydroxyl groups is 1. The van der Waals surface area contributed by atoms with Crippen molar-refractivity contribution in [3.8, 4) is 0 Å². The fourth-order valence-electron chi connectivity index (χ4n) is 3.13. The molecule has 96 valence electrons. The molecule has 2 fully saturated rings. The Bertz CT molecular complexity index is 277. The molecule has 1 N–H and O–H groups in total. The molecule has 17 heavy (non-hydrogen) atoms. The molecule has 0 radical (unpaired) electrons. The van der Waals surface area contributed by atoms with E-state index in [1.165, 1.54) is 19.3 Å². The molecule has 2 rings (SSSR count). The van der Waals surface area contributed by atoms with E-state index >= 15 is 0 Å². The van der Waals surface area contributed by atoms with Gasteiger partial charge in [-0.25, -0.2) is 0 Å². The van der Waals surface area contributed by atoms with E-state index in [4.69, 9.17) is 0 Å². The van der Waals surface area contributed by atoms with Crippen molar-refractivity contribution in [2.24, 2.45) is 11.8 Å². The van der Waals surface area contributed by atoms with Crippen molar-refractivity contribution < 1.29 is 9.90 Å². The number of hydrogen-bond acceptors (Lipinski definition) is 2. The van der Waals surface area contributed by atoms with Crippen LogP contribution in [0.15, 0.2) is 12.2 Å². The largest absolute Gasteiger partial charge is 0.393 e. The topological polar surface area (TPSA) is 37.3 Å². The van der Waals surface area contributed by atoms with Crippen LogP contribution in [0.4, 0.5) is 0 Å². The second-order valence-corrected chi connectivity index (χ2v) is 5.68. The Morgan fingerprint density at radius 3 is 2.47 bits per heavy atom. The van der Waals surface area contributed by atoms with Gasteiger partial charge in [0.15, 0.2) is 5.78 Å². The highest BCUT2D eigenvalue weighted by Crippen LogP contribution is 2.27. The lowest BCUT2D eigenvalue weighted by atomic mass is 9.84. The van der Waals surface area contributed by atoms with Gasteiger partial charge in [0.2, 0.25) is 0 Å². The van der Waals surface area contributed by atoms with Crippen molar-refractivity contribution >= 4 is 5.78 Å². The number of hydrogen-bond donors (Lipinski definition) is 1. The van der Waals surface area contributed by atoms with Gasteiger partial charge >= 0.3 is 0 Å². The van der Waals surface area contributed by atoms with E-state index < -0.39 is 0 Å². The molecular formula is C15H24O2. The highest BCUT2D eigenvalue weighted by atomic mass is 16.3. The molecule has 0 heterocycles. The highest BCUT2D eigenvalue weighted by molar-refractivity contribution is 5.91. The second kappa shape index (κ2) is 6.34. The van der Waals surface area contributed by atoms with Gasteiger partial charge in [-0.1, -0.05) is 31.8 Å². The van der Waals surface area contributed by atoms with Gasteiger partial charge in [-0.3, -0.25) is 4.79 Å². The van der Waals surface area contributed by atoms with Crippen LogP contribution in [0, 0.1) is 11.8 Å². The Balaban J connectivity index is 1.80. The predicted octanol–water partition coefficient (Wildman–Crippen LogP) is 3.24. The van der Waals surface area contributed by atoms with E-state index in [1.54, 1.807) is 6.08 Å². The molecule has 0 aromatic heterocycles. The zero-order chi connectivity index (χ0) is 12.1. The Kier molecular flexibility index (Phi) is 4.78. The molecule has 0 aliphatic heterocycles. The number of aliphatic hydroxyl groups excluding tert-OH is 1. The third-order valence-corrected chi connectivity index (χ3v) is 4.23. The second-order valence-electron chi connectivity index (χ2n) is 5.68. The summed E-state index contributed by atoms with van der Waals surface area (Å²) < 4.78 is 0. The van der Waals surface area contributed by atoms with Gasteiger partial charge < -0.3 is 5.11 Å². The summed E-state index contributed by atoms with van der Waals surface area (Å²) in [5, 5.41) is 9.57. The van der Waals surface area contributed by atoms with E-state index in [9.17, 15) is 9.90 Å². The van der Waals surface area contributed by atoms with Crippen LogP contribution in [0.5, 0.6) is 0 Å². The zero-order valence-electron chi connectivity index (χ0n) is 10.6. The summed E-state index contributed by atoms with van der Waals surface area (Å²) in [7, 11) is 0. The van der Waals surface area contributed by atoms with Crippen LogP contribution < -0.4 is 0 Å². The van der Waals surface area contributed by atoms with Gasteiger partial charge in [0.1, 0.15) is 0 Å². The number of carbonyl (C=O) groups excluding carboxylic acids is 1. The summed E-state index contributed by atoms with van der Waals surface area (Å²) >= 11 is 0. The Labute approximate surface area is 104 Å². The molecule has 0 bridgehead atoms. The molecule has 0 aromatic carbocycles. The van der Waals surface area contributed by atoms with Crippen LogP contribution in [-0.2, 0) is 4.79 Å². The zero-order valence-corrected chi connectivity index (χ0v) is 10.6. The summed E-state index contributed by atoms with van der Waals surface area (Å²) in [6.07, 6.45) is 13.6. The normalized spacial score (nSPS) is 31.8. The van der Waals surface area contributed by atoms with Crippen LogP contribution >= 0.6 is 0 Å². The van der Waals surface area contributed by atoms with Gasteiger partial charge in [0.05, 0.1) is 6.10 Å².